The Morgan fingerprint density at radius 3 is 3.05 bits per heavy atom. The van der Waals surface area contributed by atoms with Crippen LogP contribution >= 0.6 is 23.1 Å². The van der Waals surface area contributed by atoms with Gasteiger partial charge in [-0.15, -0.1) is 11.3 Å². The highest BCUT2D eigenvalue weighted by Crippen LogP contribution is 2.31. The number of benzene rings is 1. The largest absolute Gasteiger partial charge is 0.355 e. The van der Waals surface area contributed by atoms with E-state index in [1.54, 1.807) is 6.07 Å². The van der Waals surface area contributed by atoms with Crippen LogP contribution in [0.25, 0.3) is 10.2 Å². The van der Waals surface area contributed by atoms with E-state index in [0.717, 1.165) is 21.9 Å². The topological polar surface area (TPSA) is 85.1 Å². The molecule has 6 nitrogen and oxygen atoms in total. The second kappa shape index (κ2) is 7.37. The van der Waals surface area contributed by atoms with Crippen LogP contribution in [0.5, 0.6) is 0 Å². The molecule has 0 atom stereocenters. The number of unbranched alkanes of at least 4 members (excludes halogenated alkanes) is 1. The van der Waals surface area contributed by atoms with Crippen LogP contribution in [-0.4, -0.2) is 28.1 Å². The van der Waals surface area contributed by atoms with Gasteiger partial charge in [-0.2, -0.15) is 0 Å². The molecule has 1 amide bonds. The van der Waals surface area contributed by atoms with Gasteiger partial charge in [0.15, 0.2) is 4.34 Å². The van der Waals surface area contributed by atoms with E-state index in [1.165, 1.54) is 35.2 Å². The summed E-state index contributed by atoms with van der Waals surface area (Å²) < 4.78 is 1.63. The van der Waals surface area contributed by atoms with Crippen molar-refractivity contribution in [3.8, 4) is 0 Å². The second-order valence-electron chi connectivity index (χ2n) is 4.38. The van der Waals surface area contributed by atoms with Gasteiger partial charge < -0.3 is 5.32 Å². The predicted octanol–water partition coefficient (Wildman–Crippen LogP) is 3.21. The monoisotopic (exact) mass is 325 g/mol. The van der Waals surface area contributed by atoms with Crippen LogP contribution in [0.3, 0.4) is 0 Å². The van der Waals surface area contributed by atoms with Gasteiger partial charge in [0.05, 0.1) is 20.9 Å². The number of amides is 1. The van der Waals surface area contributed by atoms with E-state index in [9.17, 15) is 14.9 Å². The third kappa shape index (κ3) is 4.40. The maximum atomic E-state index is 11.6. The molecule has 2 aromatic rings. The van der Waals surface area contributed by atoms with Crippen LogP contribution < -0.4 is 5.32 Å². The van der Waals surface area contributed by atoms with E-state index >= 15 is 0 Å². The Labute approximate surface area is 130 Å². The Kier molecular flexibility index (Phi) is 5.51. The van der Waals surface area contributed by atoms with Crippen LogP contribution in [0.1, 0.15) is 19.8 Å². The van der Waals surface area contributed by atoms with Crippen molar-refractivity contribution in [1.82, 2.24) is 10.3 Å². The van der Waals surface area contributed by atoms with Gasteiger partial charge in [0.2, 0.25) is 5.91 Å². The quantitative estimate of drug-likeness (QED) is 0.366. The lowest BCUT2D eigenvalue weighted by molar-refractivity contribution is -0.384. The van der Waals surface area contributed by atoms with Gasteiger partial charge in [-0.3, -0.25) is 14.9 Å². The number of carbonyl (C=O) groups excluding carboxylic acids is 1. The van der Waals surface area contributed by atoms with Crippen LogP contribution in [0.4, 0.5) is 5.69 Å². The van der Waals surface area contributed by atoms with Gasteiger partial charge >= 0.3 is 0 Å². The van der Waals surface area contributed by atoms with Gasteiger partial charge in [-0.25, -0.2) is 4.98 Å². The molecule has 0 aliphatic carbocycles. The maximum absolute atomic E-state index is 11.6. The number of hydrogen-bond acceptors (Lipinski definition) is 6. The molecular weight excluding hydrogens is 310 g/mol. The number of fused-ring (bicyclic) bond motifs is 1. The molecule has 0 saturated carbocycles. The summed E-state index contributed by atoms with van der Waals surface area (Å²) >= 11 is 2.79. The SMILES string of the molecule is CCCCNC(=O)CSc1nc2cc([N+](=O)[O-])ccc2s1. The fraction of sp³-hybridized carbons (Fsp3) is 0.385. The summed E-state index contributed by atoms with van der Waals surface area (Å²) in [5.41, 5.74) is 0.629. The van der Waals surface area contributed by atoms with Gasteiger partial charge in [-0.1, -0.05) is 25.1 Å². The number of non-ortho nitro benzene ring substituents is 1. The molecule has 8 heteroatoms. The predicted molar refractivity (Wildman–Crippen MR) is 84.9 cm³/mol. The Morgan fingerprint density at radius 1 is 1.52 bits per heavy atom. The number of hydrogen-bond donors (Lipinski definition) is 1. The second-order valence-corrected chi connectivity index (χ2v) is 6.63. The van der Waals surface area contributed by atoms with Crippen molar-refractivity contribution in [2.45, 2.75) is 24.1 Å². The highest BCUT2D eigenvalue weighted by atomic mass is 32.2. The molecule has 0 radical (unpaired) electrons. The average Bonchev–Trinajstić information content (AvgIpc) is 2.87. The molecule has 0 spiro atoms. The lowest BCUT2D eigenvalue weighted by Gasteiger charge is -2.01. The fourth-order valence-corrected chi connectivity index (χ4v) is 3.53. The van der Waals surface area contributed by atoms with Crippen LogP contribution in [0.2, 0.25) is 0 Å². The molecule has 0 saturated heterocycles. The van der Waals surface area contributed by atoms with E-state index in [4.69, 9.17) is 0 Å². The van der Waals surface area contributed by atoms with Crippen molar-refractivity contribution in [2.75, 3.05) is 12.3 Å². The minimum absolute atomic E-state index is 0.0151. The van der Waals surface area contributed by atoms with Crippen LogP contribution in [0, 0.1) is 10.1 Å². The number of nitro groups is 1. The third-order valence-electron chi connectivity index (χ3n) is 2.74. The lowest BCUT2D eigenvalue weighted by Crippen LogP contribution is -2.25. The fourth-order valence-electron chi connectivity index (χ4n) is 1.65. The molecule has 0 unspecified atom stereocenters. The Hall–Kier alpha value is -1.67. The van der Waals surface area contributed by atoms with Gasteiger partial charge in [0, 0.05) is 18.7 Å². The molecule has 1 aromatic heterocycles. The van der Waals surface area contributed by atoms with Crippen LogP contribution in [0.15, 0.2) is 22.5 Å². The highest BCUT2D eigenvalue weighted by Gasteiger charge is 2.11. The first-order valence-corrected chi connectivity index (χ1v) is 8.35. The van der Waals surface area contributed by atoms with Crippen molar-refractivity contribution in [3.63, 3.8) is 0 Å². The third-order valence-corrected chi connectivity index (χ3v) is 4.92. The van der Waals surface area contributed by atoms with Crippen molar-refractivity contribution in [1.29, 1.82) is 0 Å². The normalized spacial score (nSPS) is 10.7. The van der Waals surface area contributed by atoms with Crippen molar-refractivity contribution in [2.24, 2.45) is 0 Å². The van der Waals surface area contributed by atoms with Gasteiger partial charge in [0.1, 0.15) is 0 Å². The first-order valence-electron chi connectivity index (χ1n) is 6.54. The first kappa shape index (κ1) is 15.7. The number of carbonyl (C=O) groups is 1. The molecule has 21 heavy (non-hydrogen) atoms. The standard InChI is InChI=1S/C13H15N3O3S2/c1-2-3-6-14-12(17)8-20-13-15-10-7-9(16(18)19)4-5-11(10)21-13/h4-5,7H,2-3,6,8H2,1H3,(H,14,17). The molecule has 2 rings (SSSR count). The number of nitrogens with zero attached hydrogens (tertiary/aromatic N) is 2. The highest BCUT2D eigenvalue weighted by molar-refractivity contribution is 8.01. The summed E-state index contributed by atoms with van der Waals surface area (Å²) in [5, 5.41) is 13.6. The molecule has 1 aromatic carbocycles. The minimum Gasteiger partial charge on any atom is -0.355 e. The number of rotatable bonds is 7. The summed E-state index contributed by atoms with van der Waals surface area (Å²) in [7, 11) is 0. The Bertz CT molecular complexity index is 657. The van der Waals surface area contributed by atoms with E-state index in [-0.39, 0.29) is 11.6 Å². The molecule has 0 fully saturated rings. The Morgan fingerprint density at radius 2 is 2.33 bits per heavy atom. The minimum atomic E-state index is -0.438. The van der Waals surface area contributed by atoms with Crippen LogP contribution in [-0.2, 0) is 4.79 Å². The van der Waals surface area contributed by atoms with E-state index in [0.29, 0.717) is 17.8 Å². The summed E-state index contributed by atoms with van der Waals surface area (Å²) in [6.45, 7) is 2.77. The van der Waals surface area contributed by atoms with Gasteiger partial charge in [0.25, 0.3) is 5.69 Å². The maximum Gasteiger partial charge on any atom is 0.271 e. The van der Waals surface area contributed by atoms with E-state index in [1.807, 2.05) is 0 Å². The van der Waals surface area contributed by atoms with Crippen molar-refractivity contribution < 1.29 is 9.72 Å². The number of nitrogens with one attached hydrogen (secondary N) is 1. The number of nitro benzene ring substituents is 1. The Balaban J connectivity index is 1.96. The number of aromatic nitrogens is 1. The molecule has 0 aliphatic rings. The number of thioether (sulfide) groups is 1. The zero-order chi connectivity index (χ0) is 15.2. The molecule has 112 valence electrons. The molecule has 1 heterocycles. The van der Waals surface area contributed by atoms with Gasteiger partial charge in [-0.05, 0) is 12.5 Å². The smallest absolute Gasteiger partial charge is 0.271 e. The lowest BCUT2D eigenvalue weighted by atomic mass is 10.3. The molecule has 0 aliphatic heterocycles. The number of thiazole rings is 1. The summed E-state index contributed by atoms with van der Waals surface area (Å²) in [6, 6.07) is 4.61. The zero-order valence-electron chi connectivity index (χ0n) is 11.5. The summed E-state index contributed by atoms with van der Waals surface area (Å²) in [4.78, 5) is 26.2. The summed E-state index contributed by atoms with van der Waals surface area (Å²) in [6.07, 6.45) is 2.02. The van der Waals surface area contributed by atoms with Crippen molar-refractivity contribution in [3.05, 3.63) is 28.3 Å². The molecule has 0 bridgehead atoms. The van der Waals surface area contributed by atoms with Crippen molar-refractivity contribution >= 4 is 44.9 Å². The first-order chi connectivity index (χ1) is 10.1. The van der Waals surface area contributed by atoms with E-state index in [2.05, 4.69) is 17.2 Å². The van der Waals surface area contributed by atoms with E-state index < -0.39 is 4.92 Å². The average molecular weight is 325 g/mol. The zero-order valence-corrected chi connectivity index (χ0v) is 13.1. The molecule has 1 N–H and O–H groups in total. The summed E-state index contributed by atoms with van der Waals surface area (Å²) in [5.74, 6) is 0.296. The molecular formula is C13H15N3O3S2.